The van der Waals surface area contributed by atoms with Crippen molar-refractivity contribution in [2.45, 2.75) is 6.54 Å². The van der Waals surface area contributed by atoms with Crippen LogP contribution in [-0.4, -0.2) is 18.5 Å². The topological polar surface area (TPSA) is 16.4 Å². The van der Waals surface area contributed by atoms with Crippen LogP contribution in [0.2, 0.25) is 0 Å². The van der Waals surface area contributed by atoms with Gasteiger partial charge < -0.3 is 4.42 Å². The molecule has 3 aromatic carbocycles. The highest BCUT2D eigenvalue weighted by Gasteiger charge is 2.06. The van der Waals surface area contributed by atoms with Crippen molar-refractivity contribution in [3.8, 4) is 0 Å². The van der Waals surface area contributed by atoms with Crippen LogP contribution in [0.1, 0.15) is 11.1 Å². The van der Waals surface area contributed by atoms with Crippen LogP contribution in [0.3, 0.4) is 0 Å². The maximum atomic E-state index is 5.62. The fourth-order valence-electron chi connectivity index (χ4n) is 3.19. The molecule has 0 unspecified atom stereocenters. The number of furan rings is 1. The molecule has 0 N–H and O–H groups in total. The maximum absolute atomic E-state index is 5.62. The van der Waals surface area contributed by atoms with E-state index in [0.717, 1.165) is 18.7 Å². The first-order valence-corrected chi connectivity index (χ1v) is 8.58. The minimum absolute atomic E-state index is 0.874. The molecule has 0 fully saturated rings. The zero-order valence-corrected chi connectivity index (χ0v) is 14.4. The average Bonchev–Trinajstić information content (AvgIpc) is 3.05. The van der Waals surface area contributed by atoms with Gasteiger partial charge in [0, 0.05) is 24.0 Å². The van der Waals surface area contributed by atoms with E-state index in [0.29, 0.717) is 0 Å². The number of para-hydroxylation sites is 1. The van der Waals surface area contributed by atoms with Crippen molar-refractivity contribution in [3.05, 3.63) is 90.2 Å². The Morgan fingerprint density at radius 2 is 1.72 bits per heavy atom. The summed E-state index contributed by atoms with van der Waals surface area (Å²) in [5.41, 5.74) is 3.43. The number of fused-ring (bicyclic) bond motifs is 2. The van der Waals surface area contributed by atoms with E-state index in [-0.39, 0.29) is 0 Å². The van der Waals surface area contributed by atoms with E-state index in [1.165, 1.54) is 27.3 Å². The predicted molar refractivity (Wildman–Crippen MR) is 106 cm³/mol. The third kappa shape index (κ3) is 3.49. The van der Waals surface area contributed by atoms with E-state index in [1.807, 2.05) is 18.4 Å². The van der Waals surface area contributed by atoms with E-state index in [2.05, 4.69) is 78.7 Å². The Morgan fingerprint density at radius 1 is 0.920 bits per heavy atom. The van der Waals surface area contributed by atoms with Crippen molar-refractivity contribution in [1.29, 1.82) is 0 Å². The summed E-state index contributed by atoms with van der Waals surface area (Å²) in [4.78, 5) is 2.29. The highest BCUT2D eigenvalue weighted by Crippen LogP contribution is 2.22. The van der Waals surface area contributed by atoms with Gasteiger partial charge in [0.05, 0.1) is 6.26 Å². The Labute approximate surface area is 148 Å². The number of nitrogens with zero attached hydrogens (tertiary/aromatic N) is 1. The Kier molecular flexibility index (Phi) is 4.36. The van der Waals surface area contributed by atoms with Gasteiger partial charge in [0.25, 0.3) is 0 Å². The van der Waals surface area contributed by atoms with Crippen molar-refractivity contribution in [2.75, 3.05) is 13.6 Å². The molecule has 25 heavy (non-hydrogen) atoms. The minimum atomic E-state index is 0.874. The third-order valence-electron chi connectivity index (χ3n) is 4.50. The molecule has 2 heteroatoms. The second-order valence-electron chi connectivity index (χ2n) is 6.46. The molecule has 124 valence electrons. The molecule has 4 rings (SSSR count). The summed E-state index contributed by atoms with van der Waals surface area (Å²) >= 11 is 0. The summed E-state index contributed by atoms with van der Waals surface area (Å²) in [5, 5.41) is 3.76. The van der Waals surface area contributed by atoms with Gasteiger partial charge in [-0.25, -0.2) is 0 Å². The molecule has 4 aromatic rings. The van der Waals surface area contributed by atoms with Gasteiger partial charge in [-0.2, -0.15) is 0 Å². The molecule has 1 aromatic heterocycles. The standard InChI is InChI=1S/C23H21NO/c1-24(16-21-17-25-23-11-5-4-10-22(21)23)14-6-7-18-12-13-19-8-2-3-9-20(19)15-18/h2-13,15,17H,14,16H2,1H3. The first-order chi connectivity index (χ1) is 12.3. The quantitative estimate of drug-likeness (QED) is 0.465. The van der Waals surface area contributed by atoms with Gasteiger partial charge in [-0.3, -0.25) is 4.90 Å². The van der Waals surface area contributed by atoms with E-state index in [9.17, 15) is 0 Å². The average molecular weight is 327 g/mol. The first-order valence-electron chi connectivity index (χ1n) is 8.58. The van der Waals surface area contributed by atoms with Gasteiger partial charge in [-0.1, -0.05) is 66.7 Å². The van der Waals surface area contributed by atoms with Crippen LogP contribution in [0.5, 0.6) is 0 Å². The van der Waals surface area contributed by atoms with Crippen LogP contribution in [0.4, 0.5) is 0 Å². The van der Waals surface area contributed by atoms with Crippen molar-refractivity contribution >= 4 is 27.8 Å². The monoisotopic (exact) mass is 327 g/mol. The Morgan fingerprint density at radius 3 is 2.64 bits per heavy atom. The summed E-state index contributed by atoms with van der Waals surface area (Å²) in [6, 6.07) is 23.2. The summed E-state index contributed by atoms with van der Waals surface area (Å²) < 4.78 is 5.62. The van der Waals surface area contributed by atoms with Gasteiger partial charge in [-0.05, 0) is 35.5 Å². The van der Waals surface area contributed by atoms with Gasteiger partial charge in [-0.15, -0.1) is 0 Å². The van der Waals surface area contributed by atoms with Gasteiger partial charge in [0.15, 0.2) is 0 Å². The highest BCUT2D eigenvalue weighted by molar-refractivity contribution is 5.84. The smallest absolute Gasteiger partial charge is 0.134 e. The normalized spacial score (nSPS) is 11.9. The maximum Gasteiger partial charge on any atom is 0.134 e. The van der Waals surface area contributed by atoms with E-state index < -0.39 is 0 Å². The molecule has 0 saturated heterocycles. The zero-order valence-electron chi connectivity index (χ0n) is 14.4. The van der Waals surface area contributed by atoms with E-state index in [4.69, 9.17) is 4.42 Å². The molecule has 0 saturated carbocycles. The molecular weight excluding hydrogens is 306 g/mol. The number of benzene rings is 3. The van der Waals surface area contributed by atoms with Crippen molar-refractivity contribution in [3.63, 3.8) is 0 Å². The molecule has 1 heterocycles. The van der Waals surface area contributed by atoms with Gasteiger partial charge in [0.1, 0.15) is 5.58 Å². The second-order valence-corrected chi connectivity index (χ2v) is 6.46. The lowest BCUT2D eigenvalue weighted by Crippen LogP contribution is -2.17. The number of hydrogen-bond donors (Lipinski definition) is 0. The van der Waals surface area contributed by atoms with Crippen LogP contribution >= 0.6 is 0 Å². The van der Waals surface area contributed by atoms with Crippen molar-refractivity contribution < 1.29 is 4.42 Å². The van der Waals surface area contributed by atoms with E-state index in [1.54, 1.807) is 0 Å². The Balaban J connectivity index is 1.42. The van der Waals surface area contributed by atoms with Crippen LogP contribution in [0.25, 0.3) is 27.8 Å². The Hall–Kier alpha value is -2.84. The third-order valence-corrected chi connectivity index (χ3v) is 4.50. The molecule has 2 nitrogen and oxygen atoms in total. The van der Waals surface area contributed by atoms with Gasteiger partial charge in [0.2, 0.25) is 0 Å². The van der Waals surface area contributed by atoms with Crippen molar-refractivity contribution in [2.24, 2.45) is 0 Å². The lowest BCUT2D eigenvalue weighted by atomic mass is 10.1. The summed E-state index contributed by atoms with van der Waals surface area (Å²) in [6.07, 6.45) is 6.27. The lowest BCUT2D eigenvalue weighted by molar-refractivity contribution is 0.363. The number of rotatable bonds is 5. The molecule has 0 atom stereocenters. The van der Waals surface area contributed by atoms with Crippen molar-refractivity contribution in [1.82, 2.24) is 4.90 Å². The molecule has 0 radical (unpaired) electrons. The fourth-order valence-corrected chi connectivity index (χ4v) is 3.19. The van der Waals surface area contributed by atoms with Crippen LogP contribution in [-0.2, 0) is 6.54 Å². The van der Waals surface area contributed by atoms with Crippen LogP contribution < -0.4 is 0 Å². The second kappa shape index (κ2) is 6.96. The Bertz CT molecular complexity index is 1030. The molecule has 0 spiro atoms. The zero-order chi connectivity index (χ0) is 17.1. The number of hydrogen-bond acceptors (Lipinski definition) is 2. The molecule has 0 bridgehead atoms. The number of likely N-dealkylation sites (N-methyl/N-ethyl adjacent to an activating group) is 1. The summed E-state index contributed by atoms with van der Waals surface area (Å²) in [7, 11) is 2.13. The fraction of sp³-hybridized carbons (Fsp3) is 0.130. The van der Waals surface area contributed by atoms with E-state index >= 15 is 0 Å². The molecule has 0 aliphatic carbocycles. The minimum Gasteiger partial charge on any atom is -0.464 e. The van der Waals surface area contributed by atoms with Gasteiger partial charge >= 0.3 is 0 Å². The molecule has 0 amide bonds. The van der Waals surface area contributed by atoms with Crippen LogP contribution in [0.15, 0.2) is 83.5 Å². The molecule has 0 aliphatic heterocycles. The lowest BCUT2D eigenvalue weighted by Gasteiger charge is -2.13. The molecule has 0 aliphatic rings. The highest BCUT2D eigenvalue weighted by atomic mass is 16.3. The SMILES string of the molecule is CN(CC=Cc1ccc2ccccc2c1)Cc1coc2ccccc12. The molecular formula is C23H21NO. The summed E-state index contributed by atoms with van der Waals surface area (Å²) in [6.45, 7) is 1.77. The summed E-state index contributed by atoms with van der Waals surface area (Å²) in [5.74, 6) is 0. The van der Waals surface area contributed by atoms with Crippen LogP contribution in [0, 0.1) is 0 Å². The predicted octanol–water partition coefficient (Wildman–Crippen LogP) is 5.73. The first kappa shape index (κ1) is 15.7. The largest absolute Gasteiger partial charge is 0.464 e.